The fraction of sp³-hybridized carbons (Fsp3) is 0.545. The van der Waals surface area contributed by atoms with E-state index in [0.717, 1.165) is 0 Å². The fourth-order valence-electron chi connectivity index (χ4n) is 7.34. The number of nitrogens with one attached hydrogen (secondary N) is 2. The number of carbonyl (C=O) groups is 3. The van der Waals surface area contributed by atoms with Gasteiger partial charge in [-0.3, -0.25) is 14.4 Å². The fourth-order valence-corrected chi connectivity index (χ4v) is 7.69. The van der Waals surface area contributed by atoms with Gasteiger partial charge < -0.3 is 21.1 Å². The second kappa shape index (κ2) is 12.1. The zero-order valence-corrected chi connectivity index (χ0v) is 26.5. The lowest BCUT2D eigenvalue weighted by Gasteiger charge is -2.38. The molecule has 2 aromatic carbocycles. The van der Waals surface area contributed by atoms with Crippen LogP contribution in [0, 0.1) is 17.2 Å². The van der Waals surface area contributed by atoms with E-state index in [0.29, 0.717) is 48.4 Å². The summed E-state index contributed by atoms with van der Waals surface area (Å²) in [5.74, 6) is -2.19. The molecule has 1 saturated heterocycles. The molecule has 4 N–H and O–H groups in total. The summed E-state index contributed by atoms with van der Waals surface area (Å²) in [5, 5.41) is 6.98. The second-order valence-corrected chi connectivity index (χ2v) is 14.5. The maximum Gasteiger partial charge on any atom is 0.322 e. The molecule has 0 bridgehead atoms. The van der Waals surface area contributed by atoms with Crippen molar-refractivity contribution in [2.45, 2.75) is 102 Å². The van der Waals surface area contributed by atoms with Crippen LogP contribution in [0.2, 0.25) is 10.0 Å². The Balaban J connectivity index is 1.52. The summed E-state index contributed by atoms with van der Waals surface area (Å²) in [6.07, 6.45) is 3.32. The van der Waals surface area contributed by atoms with Crippen molar-refractivity contribution in [2.24, 2.45) is 17.1 Å². The van der Waals surface area contributed by atoms with Crippen molar-refractivity contribution in [2.75, 3.05) is 5.32 Å². The normalized spacial score (nSPS) is 29.3. The summed E-state index contributed by atoms with van der Waals surface area (Å²) in [6.45, 7) is 7.84. The lowest BCUT2D eigenvalue weighted by molar-refractivity contribution is -0.152. The molecule has 5 atom stereocenters. The summed E-state index contributed by atoms with van der Waals surface area (Å²) < 4.78 is 21.5. The van der Waals surface area contributed by atoms with E-state index < -0.39 is 41.2 Å². The summed E-state index contributed by atoms with van der Waals surface area (Å²) in [6, 6.07) is 8.03. The van der Waals surface area contributed by atoms with Crippen LogP contribution in [0.4, 0.5) is 10.1 Å². The summed E-state index contributed by atoms with van der Waals surface area (Å²) in [7, 11) is 0. The minimum Gasteiger partial charge on any atom is -0.461 e. The van der Waals surface area contributed by atoms with Crippen LogP contribution in [0.5, 0.6) is 0 Å². The van der Waals surface area contributed by atoms with Gasteiger partial charge in [-0.2, -0.15) is 0 Å². The van der Waals surface area contributed by atoms with Gasteiger partial charge in [-0.05, 0) is 79.7 Å². The van der Waals surface area contributed by atoms with Gasteiger partial charge in [0.1, 0.15) is 23.4 Å². The number of ketones is 1. The van der Waals surface area contributed by atoms with Crippen molar-refractivity contribution >= 4 is 46.5 Å². The van der Waals surface area contributed by atoms with Crippen LogP contribution in [0.1, 0.15) is 83.3 Å². The number of Topliss-reactive ketones (excluding diaryl/α,β-unsaturated/α-hetero) is 1. The largest absolute Gasteiger partial charge is 0.461 e. The Morgan fingerprint density at radius 1 is 1.14 bits per heavy atom. The van der Waals surface area contributed by atoms with Gasteiger partial charge in [0.05, 0.1) is 11.1 Å². The van der Waals surface area contributed by atoms with Crippen LogP contribution < -0.4 is 16.4 Å². The third-order valence-electron chi connectivity index (χ3n) is 9.22. The molecule has 7 nitrogen and oxygen atoms in total. The lowest BCUT2D eigenvalue weighted by Crippen LogP contribution is -2.49. The van der Waals surface area contributed by atoms with E-state index in [1.807, 2.05) is 6.07 Å². The predicted molar refractivity (Wildman–Crippen MR) is 166 cm³/mol. The molecule has 0 unspecified atom stereocenters. The van der Waals surface area contributed by atoms with Crippen molar-refractivity contribution in [3.8, 4) is 0 Å². The number of rotatable bonds is 7. The topological polar surface area (TPSA) is 111 Å². The maximum atomic E-state index is 15.9. The van der Waals surface area contributed by atoms with E-state index in [9.17, 15) is 14.4 Å². The van der Waals surface area contributed by atoms with Crippen LogP contribution in [0.15, 0.2) is 36.4 Å². The summed E-state index contributed by atoms with van der Waals surface area (Å²) in [4.78, 5) is 40.5. The van der Waals surface area contributed by atoms with Crippen molar-refractivity contribution < 1.29 is 23.5 Å². The van der Waals surface area contributed by atoms with E-state index in [2.05, 4.69) is 31.4 Å². The third-order valence-corrected chi connectivity index (χ3v) is 9.75. The molecule has 43 heavy (non-hydrogen) atoms. The highest BCUT2D eigenvalue weighted by molar-refractivity contribution is 6.31. The average Bonchev–Trinajstić information content (AvgIpc) is 3.40. The zero-order valence-electron chi connectivity index (χ0n) is 25.0. The van der Waals surface area contributed by atoms with Crippen LogP contribution >= 0.6 is 23.2 Å². The van der Waals surface area contributed by atoms with Gasteiger partial charge in [-0.15, -0.1) is 0 Å². The Labute approximate surface area is 262 Å². The van der Waals surface area contributed by atoms with E-state index in [1.54, 1.807) is 31.2 Å². The van der Waals surface area contributed by atoms with Crippen LogP contribution in [-0.2, 0) is 24.5 Å². The van der Waals surface area contributed by atoms with Crippen LogP contribution in [0.3, 0.4) is 0 Å². The van der Waals surface area contributed by atoms with E-state index in [4.69, 9.17) is 33.7 Å². The highest BCUT2D eigenvalue weighted by Gasteiger charge is 2.66. The molecule has 10 heteroatoms. The van der Waals surface area contributed by atoms with Gasteiger partial charge in [0.2, 0.25) is 5.91 Å². The number of nitrogens with two attached hydrogens (primary N) is 1. The molecule has 1 aliphatic carbocycles. The number of anilines is 1. The lowest BCUT2D eigenvalue weighted by atomic mass is 9.62. The molecular weight excluding hydrogens is 592 g/mol. The van der Waals surface area contributed by atoms with Crippen molar-refractivity contribution in [1.29, 1.82) is 0 Å². The molecule has 5 rings (SSSR count). The smallest absolute Gasteiger partial charge is 0.322 e. The highest BCUT2D eigenvalue weighted by atomic mass is 35.5. The first kappa shape index (κ1) is 31.9. The Bertz CT molecular complexity index is 1420. The monoisotopic (exact) mass is 631 g/mol. The zero-order chi connectivity index (χ0) is 31.3. The minimum atomic E-state index is -1.27. The van der Waals surface area contributed by atoms with Crippen LogP contribution in [-0.4, -0.2) is 41.9 Å². The first-order chi connectivity index (χ1) is 20.2. The number of halogens is 3. The molecule has 232 valence electrons. The summed E-state index contributed by atoms with van der Waals surface area (Å²) >= 11 is 12.6. The molecule has 1 saturated carbocycles. The number of fused-ring (bicyclic) bond motifs is 2. The molecule has 3 aliphatic rings. The molecule has 1 amide bonds. The van der Waals surface area contributed by atoms with Crippen molar-refractivity contribution in [3.05, 3.63) is 63.4 Å². The molecule has 1 spiro atoms. The molecule has 2 aromatic rings. The predicted octanol–water partition coefficient (Wildman–Crippen LogP) is 6.29. The number of ether oxygens (including phenoxy) is 1. The van der Waals surface area contributed by atoms with E-state index >= 15 is 4.39 Å². The molecule has 2 aliphatic heterocycles. The standard InChI is InChI=1S/C33H40Cl2FN3O4/c1-17(37)30(41)43-20-11-8-18(9-12-20)14-25(40)29-27(21-6-5-7-23(35)28(21)36)33(26(39-29)16-32(2,3)4)22-13-10-19(34)15-24(22)38-31(33)42/h5-7,10,13,15,17-18,20,26-27,29,39H,8-9,11-12,14,16,37H2,1-4H3,(H,38,42)/t17-,18?,20?,26+,27-,29-,33-/m0/s1. The quantitative estimate of drug-likeness (QED) is 0.310. The number of benzene rings is 2. The first-order valence-electron chi connectivity index (χ1n) is 15.0. The molecule has 0 aromatic heterocycles. The number of amides is 1. The van der Waals surface area contributed by atoms with Gasteiger partial charge in [0, 0.05) is 29.1 Å². The van der Waals surface area contributed by atoms with Gasteiger partial charge in [-0.1, -0.05) is 62.2 Å². The van der Waals surface area contributed by atoms with Gasteiger partial charge >= 0.3 is 5.97 Å². The highest BCUT2D eigenvalue weighted by Crippen LogP contribution is 2.57. The molecule has 2 fully saturated rings. The van der Waals surface area contributed by atoms with E-state index in [-0.39, 0.29) is 46.1 Å². The number of hydrogen-bond acceptors (Lipinski definition) is 6. The van der Waals surface area contributed by atoms with Gasteiger partial charge in [0.25, 0.3) is 0 Å². The number of hydrogen-bond donors (Lipinski definition) is 3. The van der Waals surface area contributed by atoms with Gasteiger partial charge in [-0.25, -0.2) is 4.39 Å². The number of esters is 1. The third kappa shape index (κ3) is 6.08. The molecule has 2 heterocycles. The maximum absolute atomic E-state index is 15.9. The first-order valence-corrected chi connectivity index (χ1v) is 15.8. The average molecular weight is 633 g/mol. The van der Waals surface area contributed by atoms with Crippen molar-refractivity contribution in [1.82, 2.24) is 5.32 Å². The van der Waals surface area contributed by atoms with Crippen molar-refractivity contribution in [3.63, 3.8) is 0 Å². The number of carbonyl (C=O) groups excluding carboxylic acids is 3. The molecular formula is C33H40Cl2FN3O4. The second-order valence-electron chi connectivity index (χ2n) is 13.6. The van der Waals surface area contributed by atoms with E-state index in [1.165, 1.54) is 6.07 Å². The van der Waals surface area contributed by atoms with Crippen LogP contribution in [0.25, 0.3) is 0 Å². The SMILES string of the molecule is C[C@H](N)C(=O)OC1CCC(CC(=O)[C@@H]2N[C@H](CC(C)(C)C)[C@]3(C(=O)Nc4cc(Cl)ccc43)[C@H]2c2cccc(Cl)c2F)CC1. The van der Waals surface area contributed by atoms with Gasteiger partial charge in [0.15, 0.2) is 5.78 Å². The molecule has 0 radical (unpaired) electrons. The Morgan fingerprint density at radius 3 is 2.49 bits per heavy atom. The minimum absolute atomic E-state index is 0.0625. The Kier molecular flexibility index (Phi) is 8.98. The Morgan fingerprint density at radius 2 is 1.84 bits per heavy atom. The summed E-state index contributed by atoms with van der Waals surface area (Å²) in [5.41, 5.74) is 5.65. The Hall–Kier alpha value is -2.52.